The second-order valence-corrected chi connectivity index (χ2v) is 6.20. The van der Waals surface area contributed by atoms with E-state index in [0.717, 1.165) is 42.9 Å². The van der Waals surface area contributed by atoms with E-state index in [1.807, 2.05) is 42.6 Å². The summed E-state index contributed by atoms with van der Waals surface area (Å²) in [7, 11) is 1.67. The third kappa shape index (κ3) is 2.64. The highest BCUT2D eigenvalue weighted by atomic mass is 79.9. The van der Waals surface area contributed by atoms with Gasteiger partial charge in [-0.05, 0) is 42.5 Å². The summed E-state index contributed by atoms with van der Waals surface area (Å²) in [5.74, 6) is 0.794. The topological polar surface area (TPSA) is 53.2 Å². The lowest BCUT2D eigenvalue weighted by molar-refractivity contribution is 0.412. The third-order valence-electron chi connectivity index (χ3n) is 3.75. The minimum Gasteiger partial charge on any atom is -0.494 e. The lowest BCUT2D eigenvalue weighted by atomic mass is 10.3. The predicted molar refractivity (Wildman–Crippen MR) is 93.8 cm³/mol. The molecule has 114 valence electrons. The molecular formula is C18H14BrN3O. The summed E-state index contributed by atoms with van der Waals surface area (Å²) in [6, 6.07) is 12.0. The van der Waals surface area contributed by atoms with Crippen molar-refractivity contribution in [2.24, 2.45) is 4.99 Å². The Morgan fingerprint density at radius 1 is 1.22 bits per heavy atom. The van der Waals surface area contributed by atoms with Crippen LogP contribution in [0.15, 0.2) is 52.1 Å². The molecule has 2 N–H and O–H groups in total. The third-order valence-corrected chi connectivity index (χ3v) is 4.24. The molecule has 0 atom stereocenters. The zero-order valence-electron chi connectivity index (χ0n) is 12.4. The van der Waals surface area contributed by atoms with Crippen molar-refractivity contribution in [1.82, 2.24) is 9.97 Å². The Bertz CT molecular complexity index is 1110. The molecule has 3 heterocycles. The Hall–Kier alpha value is -2.53. The average molecular weight is 368 g/mol. The van der Waals surface area contributed by atoms with E-state index < -0.39 is 0 Å². The van der Waals surface area contributed by atoms with Crippen LogP contribution in [0.4, 0.5) is 0 Å². The first-order valence-electron chi connectivity index (χ1n) is 7.21. The summed E-state index contributed by atoms with van der Waals surface area (Å²) < 4.78 is 6.53. The largest absolute Gasteiger partial charge is 0.494 e. The fourth-order valence-electron chi connectivity index (χ4n) is 2.65. The molecule has 0 saturated heterocycles. The first-order valence-corrected chi connectivity index (χ1v) is 8.01. The zero-order valence-corrected chi connectivity index (χ0v) is 14.0. The van der Waals surface area contributed by atoms with Crippen molar-refractivity contribution in [3.05, 3.63) is 74.0 Å². The Morgan fingerprint density at radius 3 is 2.91 bits per heavy atom. The number of fused-ring (bicyclic) bond motifs is 1. The van der Waals surface area contributed by atoms with E-state index in [4.69, 9.17) is 4.74 Å². The van der Waals surface area contributed by atoms with Crippen LogP contribution in [0.2, 0.25) is 0 Å². The normalized spacial score (nSPS) is 16.0. The number of benzene rings is 1. The van der Waals surface area contributed by atoms with Gasteiger partial charge in [0.05, 0.1) is 28.9 Å². The molecule has 0 fully saturated rings. The van der Waals surface area contributed by atoms with E-state index >= 15 is 0 Å². The van der Waals surface area contributed by atoms with Crippen LogP contribution >= 0.6 is 15.9 Å². The molecule has 0 aliphatic carbocycles. The number of nitrogens with one attached hydrogen (secondary N) is 2. The van der Waals surface area contributed by atoms with E-state index in [1.165, 1.54) is 0 Å². The lowest BCUT2D eigenvalue weighted by Gasteiger charge is -1.92. The van der Waals surface area contributed by atoms with Crippen molar-refractivity contribution in [2.75, 3.05) is 7.11 Å². The van der Waals surface area contributed by atoms with Crippen molar-refractivity contribution in [1.29, 1.82) is 0 Å². The summed E-state index contributed by atoms with van der Waals surface area (Å²) in [6.07, 6.45) is 5.98. The lowest BCUT2D eigenvalue weighted by Crippen LogP contribution is -2.20. The molecule has 1 aliphatic rings. The summed E-state index contributed by atoms with van der Waals surface area (Å²) in [6.45, 7) is 0. The quantitative estimate of drug-likeness (QED) is 0.701. The van der Waals surface area contributed by atoms with Gasteiger partial charge in [-0.2, -0.15) is 0 Å². The maximum Gasteiger partial charge on any atom is 0.144 e. The van der Waals surface area contributed by atoms with E-state index in [0.29, 0.717) is 0 Å². The number of nitrogens with zero attached hydrogens (tertiary/aromatic N) is 1. The Labute approximate surface area is 140 Å². The zero-order chi connectivity index (χ0) is 15.8. The molecule has 5 heteroatoms. The maximum absolute atomic E-state index is 5.48. The van der Waals surface area contributed by atoms with Crippen molar-refractivity contribution in [3.8, 4) is 5.75 Å². The summed E-state index contributed by atoms with van der Waals surface area (Å²) in [5, 5.41) is 3.94. The monoisotopic (exact) mass is 367 g/mol. The molecule has 0 amide bonds. The first kappa shape index (κ1) is 14.1. The van der Waals surface area contributed by atoms with Crippen LogP contribution in [0.1, 0.15) is 5.69 Å². The fraction of sp³-hybridized carbons (Fsp3) is 0.0556. The van der Waals surface area contributed by atoms with Crippen LogP contribution in [0.5, 0.6) is 5.75 Å². The molecule has 4 rings (SSSR count). The standard InChI is InChI=1S/C18H14BrN3O/c1-23-18-10-16(22-17(18)9-13-3-2-6-20-13)15-8-11-7-12(19)4-5-14(11)21-15/h2-10,20,22H,1H3/b16-15-,17-9-. The number of aromatic nitrogens is 2. The molecular weight excluding hydrogens is 354 g/mol. The molecule has 4 nitrogen and oxygen atoms in total. The van der Waals surface area contributed by atoms with Crippen LogP contribution in [0.3, 0.4) is 0 Å². The SMILES string of the molecule is COc1c/c(=C2\C=c3cc(Br)ccc3=N2)[nH]/c1=C\c1ccc[nH]1. The number of methoxy groups -OCH3 is 1. The van der Waals surface area contributed by atoms with E-state index in [9.17, 15) is 0 Å². The van der Waals surface area contributed by atoms with E-state index in [1.54, 1.807) is 7.11 Å². The highest BCUT2D eigenvalue weighted by Crippen LogP contribution is 2.07. The predicted octanol–water partition coefficient (Wildman–Crippen LogP) is 1.16. The van der Waals surface area contributed by atoms with Gasteiger partial charge in [-0.15, -0.1) is 0 Å². The summed E-state index contributed by atoms with van der Waals surface area (Å²) in [4.78, 5) is 11.2. The van der Waals surface area contributed by atoms with E-state index in [2.05, 4.69) is 43.0 Å². The van der Waals surface area contributed by atoms with Gasteiger partial charge in [-0.25, -0.2) is 4.99 Å². The molecule has 0 spiro atoms. The smallest absolute Gasteiger partial charge is 0.144 e. The second kappa shape index (κ2) is 5.59. The Balaban J connectivity index is 1.93. The van der Waals surface area contributed by atoms with Crippen molar-refractivity contribution < 1.29 is 4.74 Å². The number of halogens is 1. The Morgan fingerprint density at radius 2 is 2.13 bits per heavy atom. The van der Waals surface area contributed by atoms with Gasteiger partial charge in [0.2, 0.25) is 0 Å². The van der Waals surface area contributed by atoms with Gasteiger partial charge in [0.1, 0.15) is 5.75 Å². The summed E-state index contributed by atoms with van der Waals surface area (Å²) in [5.41, 5.74) is 1.92. The van der Waals surface area contributed by atoms with Gasteiger partial charge in [0.15, 0.2) is 0 Å². The second-order valence-electron chi connectivity index (χ2n) is 5.28. The summed E-state index contributed by atoms with van der Waals surface area (Å²) >= 11 is 3.49. The molecule has 23 heavy (non-hydrogen) atoms. The highest BCUT2D eigenvalue weighted by molar-refractivity contribution is 9.10. The maximum atomic E-state index is 5.48. The van der Waals surface area contributed by atoms with Crippen molar-refractivity contribution >= 4 is 33.8 Å². The van der Waals surface area contributed by atoms with Gasteiger partial charge < -0.3 is 14.7 Å². The molecule has 1 aromatic carbocycles. The minimum atomic E-state index is 0.794. The highest BCUT2D eigenvalue weighted by Gasteiger charge is 2.06. The molecule has 1 aliphatic heterocycles. The number of rotatable bonds is 2. The average Bonchev–Trinajstić information content (AvgIpc) is 3.25. The van der Waals surface area contributed by atoms with Crippen LogP contribution < -0.4 is 26.0 Å². The van der Waals surface area contributed by atoms with Crippen molar-refractivity contribution in [2.45, 2.75) is 0 Å². The molecule has 0 saturated carbocycles. The molecule has 0 radical (unpaired) electrons. The molecule has 2 aromatic heterocycles. The molecule has 0 bridgehead atoms. The molecule has 3 aromatic rings. The molecule has 0 unspecified atom stereocenters. The minimum absolute atomic E-state index is 0.794. The van der Waals surface area contributed by atoms with Crippen LogP contribution in [-0.2, 0) is 0 Å². The number of aromatic amines is 2. The van der Waals surface area contributed by atoms with E-state index in [-0.39, 0.29) is 0 Å². The fourth-order valence-corrected chi connectivity index (χ4v) is 3.02. The first-order chi connectivity index (χ1) is 11.2. The van der Waals surface area contributed by atoms with Crippen LogP contribution in [-0.4, -0.2) is 17.1 Å². The van der Waals surface area contributed by atoms with Gasteiger partial charge >= 0.3 is 0 Å². The van der Waals surface area contributed by atoms with Gasteiger partial charge in [0.25, 0.3) is 0 Å². The van der Waals surface area contributed by atoms with Gasteiger partial charge in [-0.3, -0.25) is 0 Å². The number of hydrogen-bond acceptors (Lipinski definition) is 2. The number of ether oxygens (including phenoxy) is 1. The van der Waals surface area contributed by atoms with Crippen LogP contribution in [0.25, 0.3) is 17.8 Å². The van der Waals surface area contributed by atoms with Crippen molar-refractivity contribution in [3.63, 3.8) is 0 Å². The number of H-pyrrole nitrogens is 2. The van der Waals surface area contributed by atoms with Gasteiger partial charge in [0, 0.05) is 27.6 Å². The van der Waals surface area contributed by atoms with Crippen LogP contribution in [0, 0.1) is 0 Å². The van der Waals surface area contributed by atoms with Gasteiger partial charge in [-0.1, -0.05) is 15.9 Å². The Kier molecular flexibility index (Phi) is 3.42. The number of hydrogen-bond donors (Lipinski definition) is 2.